The van der Waals surface area contributed by atoms with Crippen molar-refractivity contribution < 1.29 is 9.53 Å². The number of ether oxygens (including phenoxy) is 1. The zero-order valence-electron chi connectivity index (χ0n) is 13.1. The normalized spacial score (nSPS) is 16.7. The zero-order valence-corrected chi connectivity index (χ0v) is 13.1. The number of amides is 1. The van der Waals surface area contributed by atoms with E-state index in [-0.39, 0.29) is 5.91 Å². The number of hydrogen-bond acceptors (Lipinski definition) is 4. The van der Waals surface area contributed by atoms with Gasteiger partial charge in [-0.15, -0.1) is 0 Å². The van der Waals surface area contributed by atoms with E-state index < -0.39 is 6.10 Å². The van der Waals surface area contributed by atoms with Gasteiger partial charge in [0, 0.05) is 18.3 Å². The van der Waals surface area contributed by atoms with Gasteiger partial charge in [-0.25, -0.2) is 0 Å². The van der Waals surface area contributed by atoms with Gasteiger partial charge in [-0.05, 0) is 45.9 Å². The SMILES string of the molecule is CNCc1nc(C)ccc1OC(C)C(=O)NC1CCCC1. The highest BCUT2D eigenvalue weighted by molar-refractivity contribution is 5.81. The highest BCUT2D eigenvalue weighted by Crippen LogP contribution is 2.20. The summed E-state index contributed by atoms with van der Waals surface area (Å²) >= 11 is 0. The van der Waals surface area contributed by atoms with Crippen LogP contribution in [0.4, 0.5) is 0 Å². The summed E-state index contributed by atoms with van der Waals surface area (Å²) in [5.74, 6) is 0.627. The molecule has 1 atom stereocenters. The Morgan fingerprint density at radius 3 is 2.81 bits per heavy atom. The molecule has 1 heterocycles. The van der Waals surface area contributed by atoms with Gasteiger partial charge >= 0.3 is 0 Å². The van der Waals surface area contributed by atoms with E-state index >= 15 is 0 Å². The molecule has 1 aromatic heterocycles. The van der Waals surface area contributed by atoms with E-state index in [0.29, 0.717) is 18.3 Å². The van der Waals surface area contributed by atoms with E-state index in [9.17, 15) is 4.79 Å². The van der Waals surface area contributed by atoms with Crippen molar-refractivity contribution in [1.82, 2.24) is 15.6 Å². The molecule has 2 rings (SSSR count). The van der Waals surface area contributed by atoms with Crippen molar-refractivity contribution in [3.05, 3.63) is 23.5 Å². The molecule has 1 fully saturated rings. The van der Waals surface area contributed by atoms with E-state index in [2.05, 4.69) is 15.6 Å². The number of nitrogens with one attached hydrogen (secondary N) is 2. The number of pyridine rings is 1. The summed E-state index contributed by atoms with van der Waals surface area (Å²) in [6, 6.07) is 4.10. The van der Waals surface area contributed by atoms with E-state index in [4.69, 9.17) is 4.74 Å². The Morgan fingerprint density at radius 1 is 1.43 bits per heavy atom. The Bertz CT molecular complexity index is 484. The first-order valence-corrected chi connectivity index (χ1v) is 7.68. The van der Waals surface area contributed by atoms with Gasteiger partial charge in [0.1, 0.15) is 5.75 Å². The highest BCUT2D eigenvalue weighted by Gasteiger charge is 2.22. The van der Waals surface area contributed by atoms with Crippen LogP contribution in [0, 0.1) is 6.92 Å². The molecule has 1 saturated carbocycles. The molecule has 0 aromatic carbocycles. The summed E-state index contributed by atoms with van der Waals surface area (Å²) in [6.45, 7) is 4.35. The Morgan fingerprint density at radius 2 is 2.14 bits per heavy atom. The van der Waals surface area contributed by atoms with Crippen LogP contribution in [0.15, 0.2) is 12.1 Å². The molecule has 1 aliphatic rings. The minimum absolute atomic E-state index is 0.0436. The van der Waals surface area contributed by atoms with Gasteiger partial charge in [0.15, 0.2) is 6.10 Å². The van der Waals surface area contributed by atoms with E-state index in [1.807, 2.05) is 26.1 Å². The smallest absolute Gasteiger partial charge is 0.260 e. The third-order valence-corrected chi connectivity index (χ3v) is 3.79. The largest absolute Gasteiger partial charge is 0.479 e. The second-order valence-electron chi connectivity index (χ2n) is 5.68. The predicted octanol–water partition coefficient (Wildman–Crippen LogP) is 1.94. The molecule has 1 unspecified atom stereocenters. The molecule has 0 saturated heterocycles. The van der Waals surface area contributed by atoms with Crippen LogP contribution in [0.2, 0.25) is 0 Å². The minimum atomic E-state index is -0.509. The second-order valence-corrected chi connectivity index (χ2v) is 5.68. The summed E-state index contributed by atoms with van der Waals surface area (Å²) in [5, 5.41) is 6.13. The molecule has 0 radical (unpaired) electrons. The fourth-order valence-corrected chi connectivity index (χ4v) is 2.63. The lowest BCUT2D eigenvalue weighted by Gasteiger charge is -2.19. The van der Waals surface area contributed by atoms with Crippen molar-refractivity contribution in [1.29, 1.82) is 0 Å². The van der Waals surface area contributed by atoms with Crippen LogP contribution < -0.4 is 15.4 Å². The summed E-state index contributed by atoms with van der Waals surface area (Å²) in [4.78, 5) is 16.6. The van der Waals surface area contributed by atoms with Gasteiger partial charge in [-0.2, -0.15) is 0 Å². The molecule has 5 nitrogen and oxygen atoms in total. The lowest BCUT2D eigenvalue weighted by atomic mass is 10.2. The van der Waals surface area contributed by atoms with Crippen LogP contribution in [-0.2, 0) is 11.3 Å². The number of hydrogen-bond donors (Lipinski definition) is 2. The van der Waals surface area contributed by atoms with Crippen molar-refractivity contribution in [2.45, 2.75) is 58.2 Å². The number of rotatable bonds is 6. The third-order valence-electron chi connectivity index (χ3n) is 3.79. The summed E-state index contributed by atoms with van der Waals surface area (Å²) in [5.41, 5.74) is 1.77. The molecule has 21 heavy (non-hydrogen) atoms. The van der Waals surface area contributed by atoms with Gasteiger partial charge in [0.25, 0.3) is 5.91 Å². The van der Waals surface area contributed by atoms with E-state index in [0.717, 1.165) is 24.2 Å². The Balaban J connectivity index is 1.97. The van der Waals surface area contributed by atoms with Crippen LogP contribution in [-0.4, -0.2) is 30.1 Å². The maximum Gasteiger partial charge on any atom is 0.260 e. The van der Waals surface area contributed by atoms with Crippen LogP contribution in [0.3, 0.4) is 0 Å². The van der Waals surface area contributed by atoms with Crippen molar-refractivity contribution >= 4 is 5.91 Å². The second kappa shape index (κ2) is 7.41. The van der Waals surface area contributed by atoms with Crippen molar-refractivity contribution in [3.63, 3.8) is 0 Å². The first-order chi connectivity index (χ1) is 10.1. The first kappa shape index (κ1) is 15.8. The lowest BCUT2D eigenvalue weighted by molar-refractivity contribution is -0.128. The van der Waals surface area contributed by atoms with Crippen molar-refractivity contribution in [3.8, 4) is 5.75 Å². The van der Waals surface area contributed by atoms with Gasteiger partial charge in [-0.1, -0.05) is 12.8 Å². The van der Waals surface area contributed by atoms with Crippen LogP contribution >= 0.6 is 0 Å². The number of aryl methyl sites for hydroxylation is 1. The van der Waals surface area contributed by atoms with Crippen LogP contribution in [0.5, 0.6) is 5.75 Å². The standard InChI is InChI=1S/C16H25N3O2/c1-11-8-9-15(14(18-11)10-17-3)21-12(2)16(20)19-13-6-4-5-7-13/h8-9,12-13,17H,4-7,10H2,1-3H3,(H,19,20). The molecule has 0 bridgehead atoms. The fraction of sp³-hybridized carbons (Fsp3) is 0.625. The number of nitrogens with zero attached hydrogens (tertiary/aromatic N) is 1. The van der Waals surface area contributed by atoms with Crippen molar-refractivity contribution in [2.24, 2.45) is 0 Å². The predicted molar refractivity (Wildman–Crippen MR) is 82.2 cm³/mol. The molecule has 0 aliphatic heterocycles. The van der Waals surface area contributed by atoms with E-state index in [1.165, 1.54) is 12.8 Å². The fourth-order valence-electron chi connectivity index (χ4n) is 2.63. The molecule has 1 amide bonds. The first-order valence-electron chi connectivity index (χ1n) is 7.68. The van der Waals surface area contributed by atoms with Crippen LogP contribution in [0.1, 0.15) is 44.0 Å². The highest BCUT2D eigenvalue weighted by atomic mass is 16.5. The number of carbonyl (C=O) groups excluding carboxylic acids is 1. The average Bonchev–Trinajstić information content (AvgIpc) is 2.95. The maximum absolute atomic E-state index is 12.2. The van der Waals surface area contributed by atoms with Crippen molar-refractivity contribution in [2.75, 3.05) is 7.05 Å². The zero-order chi connectivity index (χ0) is 15.2. The summed E-state index contributed by atoms with van der Waals surface area (Å²) < 4.78 is 5.81. The maximum atomic E-state index is 12.2. The molecular formula is C16H25N3O2. The van der Waals surface area contributed by atoms with Gasteiger partial charge < -0.3 is 15.4 Å². The molecule has 0 spiro atoms. The molecule has 2 N–H and O–H groups in total. The molecule has 116 valence electrons. The molecular weight excluding hydrogens is 266 g/mol. The third kappa shape index (κ3) is 4.43. The topological polar surface area (TPSA) is 63.3 Å². The Labute approximate surface area is 126 Å². The Kier molecular flexibility index (Phi) is 5.56. The summed E-state index contributed by atoms with van der Waals surface area (Å²) in [6.07, 6.45) is 4.05. The van der Waals surface area contributed by atoms with E-state index in [1.54, 1.807) is 6.92 Å². The molecule has 1 aliphatic carbocycles. The van der Waals surface area contributed by atoms with Gasteiger partial charge in [0.2, 0.25) is 0 Å². The quantitative estimate of drug-likeness (QED) is 0.841. The van der Waals surface area contributed by atoms with Crippen LogP contribution in [0.25, 0.3) is 0 Å². The number of aromatic nitrogens is 1. The number of carbonyl (C=O) groups is 1. The van der Waals surface area contributed by atoms with Gasteiger partial charge in [0.05, 0.1) is 5.69 Å². The summed E-state index contributed by atoms with van der Waals surface area (Å²) in [7, 11) is 1.87. The average molecular weight is 291 g/mol. The Hall–Kier alpha value is -1.62. The monoisotopic (exact) mass is 291 g/mol. The van der Waals surface area contributed by atoms with Gasteiger partial charge in [-0.3, -0.25) is 9.78 Å². The minimum Gasteiger partial charge on any atom is -0.479 e. The molecule has 5 heteroatoms. The molecule has 1 aromatic rings. The lowest BCUT2D eigenvalue weighted by Crippen LogP contribution is -2.41.